The summed E-state index contributed by atoms with van der Waals surface area (Å²) in [6, 6.07) is 6.20. The van der Waals surface area contributed by atoms with Crippen molar-refractivity contribution in [1.29, 1.82) is 0 Å². The summed E-state index contributed by atoms with van der Waals surface area (Å²) in [5, 5.41) is 0.859. The van der Waals surface area contributed by atoms with Crippen LogP contribution in [0.15, 0.2) is 24.3 Å². The third-order valence-corrected chi connectivity index (χ3v) is 3.16. The zero-order valence-electron chi connectivity index (χ0n) is 9.91. The van der Waals surface area contributed by atoms with Crippen molar-refractivity contribution in [2.75, 3.05) is 0 Å². The minimum absolute atomic E-state index is 0.296. The van der Waals surface area contributed by atoms with Crippen molar-refractivity contribution in [3.05, 3.63) is 35.0 Å². The Morgan fingerprint density at radius 1 is 1.29 bits per heavy atom. The third kappa shape index (κ3) is 2.82. The van der Waals surface area contributed by atoms with Crippen molar-refractivity contribution in [1.82, 2.24) is 0 Å². The number of esters is 1. The molecule has 90 valence electrons. The molecule has 1 aromatic heterocycles. The summed E-state index contributed by atoms with van der Waals surface area (Å²) >= 11 is 1.25. The van der Waals surface area contributed by atoms with Gasteiger partial charge in [-0.15, -0.1) is 11.3 Å². The molecule has 1 aromatic carbocycles. The maximum absolute atomic E-state index is 13.0. The molecule has 0 saturated carbocycles. The first kappa shape index (κ1) is 12.0. The highest BCUT2D eigenvalue weighted by atomic mass is 32.1. The van der Waals surface area contributed by atoms with E-state index in [0.29, 0.717) is 4.88 Å². The standard InChI is InChI=1S/C13H13FO2S/c1-13(2,3)16-12(15)11-6-8-4-5-9(14)7-10(8)17-11/h4-7H,1-3H3. The van der Waals surface area contributed by atoms with Gasteiger partial charge in [0.1, 0.15) is 16.3 Å². The predicted octanol–water partition coefficient (Wildman–Crippen LogP) is 4.00. The van der Waals surface area contributed by atoms with Gasteiger partial charge in [-0.3, -0.25) is 0 Å². The van der Waals surface area contributed by atoms with Crippen LogP contribution in [0.3, 0.4) is 0 Å². The molecule has 1 heterocycles. The topological polar surface area (TPSA) is 26.3 Å². The molecule has 2 nitrogen and oxygen atoms in total. The van der Waals surface area contributed by atoms with E-state index < -0.39 is 5.60 Å². The number of rotatable bonds is 1. The van der Waals surface area contributed by atoms with Crippen LogP contribution in [0.5, 0.6) is 0 Å². The number of fused-ring (bicyclic) bond motifs is 1. The van der Waals surface area contributed by atoms with E-state index in [2.05, 4.69) is 0 Å². The Kier molecular flexibility index (Phi) is 2.91. The molecule has 0 radical (unpaired) electrons. The van der Waals surface area contributed by atoms with Crippen LogP contribution in [0, 0.1) is 5.82 Å². The molecule has 0 amide bonds. The van der Waals surface area contributed by atoms with Crippen LogP contribution in [-0.4, -0.2) is 11.6 Å². The van der Waals surface area contributed by atoms with Crippen LogP contribution in [0.1, 0.15) is 30.4 Å². The number of carbonyl (C=O) groups is 1. The summed E-state index contributed by atoms with van der Waals surface area (Å²) in [5.74, 6) is -0.658. The Hall–Kier alpha value is -1.42. The fourth-order valence-corrected chi connectivity index (χ4v) is 2.40. The summed E-state index contributed by atoms with van der Waals surface area (Å²) in [5.41, 5.74) is -0.515. The largest absolute Gasteiger partial charge is 0.456 e. The molecule has 2 rings (SSSR count). The van der Waals surface area contributed by atoms with Crippen molar-refractivity contribution in [3.8, 4) is 0 Å². The van der Waals surface area contributed by atoms with Crippen LogP contribution in [0.4, 0.5) is 4.39 Å². The second kappa shape index (κ2) is 4.11. The second-order valence-electron chi connectivity index (χ2n) is 4.79. The van der Waals surface area contributed by atoms with Crippen LogP contribution < -0.4 is 0 Å². The average Bonchev–Trinajstić information content (AvgIpc) is 2.57. The molecule has 0 atom stereocenters. The Morgan fingerprint density at radius 3 is 2.65 bits per heavy atom. The third-order valence-electron chi connectivity index (χ3n) is 2.08. The lowest BCUT2D eigenvalue weighted by atomic mass is 10.2. The van der Waals surface area contributed by atoms with E-state index in [0.717, 1.165) is 10.1 Å². The monoisotopic (exact) mass is 252 g/mol. The molecule has 0 aliphatic carbocycles. The normalized spacial score (nSPS) is 11.8. The van der Waals surface area contributed by atoms with Gasteiger partial charge in [0.25, 0.3) is 0 Å². The summed E-state index contributed by atoms with van der Waals surface area (Å²) in [6.45, 7) is 5.45. The molecule has 17 heavy (non-hydrogen) atoms. The molecule has 0 spiro atoms. The van der Waals surface area contributed by atoms with Gasteiger partial charge in [0.05, 0.1) is 0 Å². The number of thiophene rings is 1. The number of hydrogen-bond acceptors (Lipinski definition) is 3. The zero-order valence-corrected chi connectivity index (χ0v) is 10.7. The number of hydrogen-bond donors (Lipinski definition) is 0. The summed E-state index contributed by atoms with van der Waals surface area (Å²) in [6.07, 6.45) is 0. The molecule has 0 N–H and O–H groups in total. The van der Waals surface area contributed by atoms with Gasteiger partial charge in [-0.05, 0) is 44.4 Å². The van der Waals surface area contributed by atoms with Gasteiger partial charge >= 0.3 is 5.97 Å². The van der Waals surface area contributed by atoms with Gasteiger partial charge in [-0.2, -0.15) is 0 Å². The number of benzene rings is 1. The van der Waals surface area contributed by atoms with E-state index in [1.165, 1.54) is 23.5 Å². The van der Waals surface area contributed by atoms with Crippen LogP contribution in [0.2, 0.25) is 0 Å². The first-order chi connectivity index (χ1) is 7.85. The van der Waals surface area contributed by atoms with Crippen LogP contribution >= 0.6 is 11.3 Å². The fourth-order valence-electron chi connectivity index (χ4n) is 1.43. The Morgan fingerprint density at radius 2 is 2.00 bits per heavy atom. The van der Waals surface area contributed by atoms with Gasteiger partial charge in [0.15, 0.2) is 0 Å². The average molecular weight is 252 g/mol. The Bertz CT molecular complexity index is 566. The minimum Gasteiger partial charge on any atom is -0.456 e. The van der Waals surface area contributed by atoms with Crippen molar-refractivity contribution in [3.63, 3.8) is 0 Å². The summed E-state index contributed by atoms with van der Waals surface area (Å²) in [7, 11) is 0. The van der Waals surface area contributed by atoms with Crippen molar-refractivity contribution >= 4 is 27.4 Å². The van der Waals surface area contributed by atoms with Gasteiger partial charge in [-0.25, -0.2) is 9.18 Å². The zero-order chi connectivity index (χ0) is 12.6. The van der Waals surface area contributed by atoms with Crippen molar-refractivity contribution < 1.29 is 13.9 Å². The first-order valence-corrected chi connectivity index (χ1v) is 6.09. The minimum atomic E-state index is -0.515. The summed E-state index contributed by atoms with van der Waals surface area (Å²) in [4.78, 5) is 12.3. The van der Waals surface area contributed by atoms with E-state index in [1.807, 2.05) is 20.8 Å². The molecular weight excluding hydrogens is 239 g/mol. The van der Waals surface area contributed by atoms with E-state index >= 15 is 0 Å². The Balaban J connectivity index is 2.33. The maximum atomic E-state index is 13.0. The summed E-state index contributed by atoms with van der Waals surface area (Å²) < 4.78 is 19.0. The van der Waals surface area contributed by atoms with Crippen LogP contribution in [-0.2, 0) is 4.74 Å². The Labute approximate surface area is 103 Å². The van der Waals surface area contributed by atoms with E-state index in [1.54, 1.807) is 12.1 Å². The SMILES string of the molecule is CC(C)(C)OC(=O)c1cc2ccc(F)cc2s1. The van der Waals surface area contributed by atoms with Crippen molar-refractivity contribution in [2.24, 2.45) is 0 Å². The lowest BCUT2D eigenvalue weighted by molar-refractivity contribution is 0.00753. The van der Waals surface area contributed by atoms with E-state index in [4.69, 9.17) is 4.74 Å². The van der Waals surface area contributed by atoms with E-state index in [-0.39, 0.29) is 11.8 Å². The lowest BCUT2D eigenvalue weighted by Crippen LogP contribution is -2.23. The molecule has 2 aromatic rings. The molecule has 4 heteroatoms. The number of carbonyl (C=O) groups excluding carboxylic acids is 1. The van der Waals surface area contributed by atoms with Crippen molar-refractivity contribution in [2.45, 2.75) is 26.4 Å². The molecule has 0 saturated heterocycles. The molecule has 0 fully saturated rings. The highest BCUT2D eigenvalue weighted by Crippen LogP contribution is 2.27. The van der Waals surface area contributed by atoms with Crippen LogP contribution in [0.25, 0.3) is 10.1 Å². The van der Waals surface area contributed by atoms with Gasteiger partial charge < -0.3 is 4.74 Å². The highest BCUT2D eigenvalue weighted by molar-refractivity contribution is 7.20. The quantitative estimate of drug-likeness (QED) is 0.717. The number of ether oxygens (including phenoxy) is 1. The first-order valence-electron chi connectivity index (χ1n) is 5.27. The highest BCUT2D eigenvalue weighted by Gasteiger charge is 2.19. The molecule has 0 aliphatic heterocycles. The second-order valence-corrected chi connectivity index (χ2v) is 5.88. The van der Waals surface area contributed by atoms with Gasteiger partial charge in [0.2, 0.25) is 0 Å². The molecule has 0 unspecified atom stereocenters. The predicted molar refractivity (Wildman–Crippen MR) is 67.0 cm³/mol. The molecule has 0 aliphatic rings. The molecular formula is C13H13FO2S. The fraction of sp³-hybridized carbons (Fsp3) is 0.308. The lowest BCUT2D eigenvalue weighted by Gasteiger charge is -2.18. The van der Waals surface area contributed by atoms with Gasteiger partial charge in [0, 0.05) is 4.70 Å². The maximum Gasteiger partial charge on any atom is 0.348 e. The molecule has 0 bridgehead atoms. The smallest absolute Gasteiger partial charge is 0.348 e. The number of halogens is 1. The van der Waals surface area contributed by atoms with Gasteiger partial charge in [-0.1, -0.05) is 6.07 Å². The van der Waals surface area contributed by atoms with E-state index in [9.17, 15) is 9.18 Å².